The highest BCUT2D eigenvalue weighted by atomic mass is 16.5. The molecule has 2 rings (SSSR count). The van der Waals surface area contributed by atoms with E-state index in [9.17, 15) is 9.59 Å². The van der Waals surface area contributed by atoms with Crippen LogP contribution < -0.4 is 0 Å². The molecule has 94 valence electrons. The van der Waals surface area contributed by atoms with Gasteiger partial charge < -0.3 is 4.74 Å². The molecular formula is C14H20O3. The van der Waals surface area contributed by atoms with Gasteiger partial charge in [-0.05, 0) is 42.7 Å². The molecule has 0 amide bonds. The number of carbonyl (C=O) groups is 2. The van der Waals surface area contributed by atoms with Crippen molar-refractivity contribution in [3.05, 3.63) is 11.6 Å². The van der Waals surface area contributed by atoms with Gasteiger partial charge >= 0.3 is 5.97 Å². The highest BCUT2D eigenvalue weighted by molar-refractivity contribution is 5.95. The van der Waals surface area contributed by atoms with Gasteiger partial charge in [0.05, 0.1) is 12.5 Å². The predicted molar refractivity (Wildman–Crippen MR) is 64.4 cm³/mol. The number of hydrogen-bond acceptors (Lipinski definition) is 3. The molecule has 2 aliphatic carbocycles. The van der Waals surface area contributed by atoms with Crippen LogP contribution in [0.5, 0.6) is 0 Å². The molecule has 0 saturated heterocycles. The van der Waals surface area contributed by atoms with Crippen LogP contribution in [0, 0.1) is 10.8 Å². The number of methoxy groups -OCH3 is 1. The van der Waals surface area contributed by atoms with Crippen molar-refractivity contribution in [2.24, 2.45) is 10.8 Å². The van der Waals surface area contributed by atoms with Crippen molar-refractivity contribution in [1.29, 1.82) is 0 Å². The summed E-state index contributed by atoms with van der Waals surface area (Å²) in [5.74, 6) is -0.0156. The number of allylic oxidation sites excluding steroid dienone is 1. The van der Waals surface area contributed by atoms with E-state index in [1.165, 1.54) is 7.11 Å². The molecule has 0 spiro atoms. The number of hydrogen-bond donors (Lipinski definition) is 0. The van der Waals surface area contributed by atoms with E-state index in [1.807, 2.05) is 0 Å². The van der Waals surface area contributed by atoms with Gasteiger partial charge in [0.2, 0.25) is 0 Å². The summed E-state index contributed by atoms with van der Waals surface area (Å²) < 4.78 is 5.03. The van der Waals surface area contributed by atoms with Gasteiger partial charge in [-0.3, -0.25) is 9.59 Å². The Balaban J connectivity index is 2.55. The lowest BCUT2D eigenvalue weighted by Crippen LogP contribution is -2.50. The summed E-state index contributed by atoms with van der Waals surface area (Å²) in [7, 11) is 1.44. The van der Waals surface area contributed by atoms with E-state index in [2.05, 4.69) is 13.8 Å². The average molecular weight is 236 g/mol. The first-order valence-electron chi connectivity index (χ1n) is 6.26. The normalized spacial score (nSPS) is 31.5. The summed E-state index contributed by atoms with van der Waals surface area (Å²) in [5.41, 5.74) is 0.315. The molecule has 0 bridgehead atoms. The zero-order chi connectivity index (χ0) is 12.7. The molecule has 0 unspecified atom stereocenters. The second-order valence-electron chi connectivity index (χ2n) is 5.77. The van der Waals surface area contributed by atoms with E-state index in [0.29, 0.717) is 12.8 Å². The number of ether oxygens (including phenoxy) is 1. The monoisotopic (exact) mass is 236 g/mol. The lowest BCUT2D eigenvalue weighted by molar-refractivity contribution is -0.160. The Morgan fingerprint density at radius 1 is 1.29 bits per heavy atom. The summed E-state index contributed by atoms with van der Waals surface area (Å²) >= 11 is 0. The number of ketones is 1. The van der Waals surface area contributed by atoms with Crippen LogP contribution in [0.25, 0.3) is 0 Å². The third-order valence-corrected chi connectivity index (χ3v) is 4.57. The highest BCUT2D eigenvalue weighted by Gasteiger charge is 2.56. The maximum atomic E-state index is 12.3. The Morgan fingerprint density at radius 2 is 2.00 bits per heavy atom. The van der Waals surface area contributed by atoms with Gasteiger partial charge in [-0.1, -0.05) is 13.8 Å². The van der Waals surface area contributed by atoms with Crippen LogP contribution in [0.2, 0.25) is 0 Å². The molecule has 3 nitrogen and oxygen atoms in total. The Bertz CT molecular complexity index is 392. The molecule has 0 N–H and O–H groups in total. The van der Waals surface area contributed by atoms with Crippen LogP contribution in [0.1, 0.15) is 46.0 Å². The van der Waals surface area contributed by atoms with Gasteiger partial charge in [0, 0.05) is 6.42 Å². The molecule has 0 aromatic carbocycles. The van der Waals surface area contributed by atoms with Crippen LogP contribution >= 0.6 is 0 Å². The maximum absolute atomic E-state index is 12.3. The molecule has 1 fully saturated rings. The molecule has 1 atom stereocenters. The van der Waals surface area contributed by atoms with E-state index < -0.39 is 5.41 Å². The van der Waals surface area contributed by atoms with Crippen LogP contribution in [0.3, 0.4) is 0 Å². The first kappa shape index (κ1) is 12.3. The Labute approximate surface area is 102 Å². The summed E-state index contributed by atoms with van der Waals surface area (Å²) in [6.45, 7) is 4.24. The van der Waals surface area contributed by atoms with Crippen LogP contribution in [-0.4, -0.2) is 18.9 Å². The molecule has 17 heavy (non-hydrogen) atoms. The second-order valence-corrected chi connectivity index (χ2v) is 5.77. The first-order chi connectivity index (χ1) is 7.94. The third-order valence-electron chi connectivity index (χ3n) is 4.57. The Kier molecular flexibility index (Phi) is 2.88. The van der Waals surface area contributed by atoms with E-state index >= 15 is 0 Å². The minimum Gasteiger partial charge on any atom is -0.468 e. The molecule has 0 aliphatic heterocycles. The predicted octanol–water partition coefficient (Wildman–Crippen LogP) is 2.65. The maximum Gasteiger partial charge on any atom is 0.316 e. The van der Waals surface area contributed by atoms with Crippen molar-refractivity contribution in [1.82, 2.24) is 0 Å². The molecular weight excluding hydrogens is 216 g/mol. The van der Waals surface area contributed by atoms with Crippen molar-refractivity contribution in [2.45, 2.75) is 46.0 Å². The van der Waals surface area contributed by atoms with Crippen LogP contribution in [0.4, 0.5) is 0 Å². The quantitative estimate of drug-likeness (QED) is 0.657. The van der Waals surface area contributed by atoms with Crippen LogP contribution in [0.15, 0.2) is 11.6 Å². The first-order valence-corrected chi connectivity index (χ1v) is 6.26. The fraction of sp³-hybridized carbons (Fsp3) is 0.714. The lowest BCUT2D eigenvalue weighted by atomic mass is 9.52. The smallest absolute Gasteiger partial charge is 0.316 e. The lowest BCUT2D eigenvalue weighted by Gasteiger charge is -2.51. The number of rotatable bonds is 1. The summed E-state index contributed by atoms with van der Waals surface area (Å²) in [6.07, 6.45) is 5.67. The van der Waals surface area contributed by atoms with Crippen molar-refractivity contribution >= 4 is 11.8 Å². The number of fused-ring (bicyclic) bond motifs is 1. The van der Waals surface area contributed by atoms with Crippen molar-refractivity contribution in [2.75, 3.05) is 7.11 Å². The van der Waals surface area contributed by atoms with E-state index in [1.54, 1.807) is 6.08 Å². The zero-order valence-electron chi connectivity index (χ0n) is 10.8. The van der Waals surface area contributed by atoms with Gasteiger partial charge in [0.25, 0.3) is 0 Å². The van der Waals surface area contributed by atoms with E-state index in [4.69, 9.17) is 4.74 Å². The van der Waals surface area contributed by atoms with E-state index in [0.717, 1.165) is 24.8 Å². The molecule has 0 heterocycles. The number of esters is 1. The molecule has 0 radical (unpaired) electrons. The molecule has 3 heteroatoms. The molecule has 0 aromatic rings. The highest BCUT2D eigenvalue weighted by Crippen LogP contribution is 2.57. The summed E-state index contributed by atoms with van der Waals surface area (Å²) in [4.78, 5) is 23.8. The average Bonchev–Trinajstić information content (AvgIpc) is 2.27. The fourth-order valence-electron chi connectivity index (χ4n) is 3.54. The van der Waals surface area contributed by atoms with Gasteiger partial charge in [0.1, 0.15) is 0 Å². The van der Waals surface area contributed by atoms with Gasteiger partial charge in [-0.2, -0.15) is 0 Å². The minimum atomic E-state index is -0.562. The minimum absolute atomic E-state index is 0.120. The third kappa shape index (κ3) is 1.63. The van der Waals surface area contributed by atoms with Gasteiger partial charge in [-0.15, -0.1) is 0 Å². The van der Waals surface area contributed by atoms with Gasteiger partial charge in [0.15, 0.2) is 5.78 Å². The SMILES string of the molecule is COC(=O)[C@@]12CCC(=O)C=C1CCCC2(C)C. The molecule has 1 saturated carbocycles. The fourth-order valence-corrected chi connectivity index (χ4v) is 3.54. The summed E-state index contributed by atoms with van der Waals surface area (Å²) in [5, 5.41) is 0. The molecule has 0 aromatic heterocycles. The number of carbonyl (C=O) groups excluding carboxylic acids is 2. The largest absolute Gasteiger partial charge is 0.468 e. The Hall–Kier alpha value is -1.12. The second kappa shape index (κ2) is 3.97. The van der Waals surface area contributed by atoms with Crippen LogP contribution in [-0.2, 0) is 14.3 Å². The van der Waals surface area contributed by atoms with Gasteiger partial charge in [-0.25, -0.2) is 0 Å². The van der Waals surface area contributed by atoms with Crippen molar-refractivity contribution < 1.29 is 14.3 Å². The van der Waals surface area contributed by atoms with Crippen molar-refractivity contribution in [3.8, 4) is 0 Å². The van der Waals surface area contributed by atoms with Crippen molar-refractivity contribution in [3.63, 3.8) is 0 Å². The standard InChI is InChI=1S/C14H20O3/c1-13(2)7-4-5-10-9-11(15)6-8-14(10,13)12(16)17-3/h9H,4-8H2,1-3H3/t14-/m1/s1. The van der Waals surface area contributed by atoms with E-state index in [-0.39, 0.29) is 17.2 Å². The Morgan fingerprint density at radius 3 is 2.65 bits per heavy atom. The summed E-state index contributed by atoms with van der Waals surface area (Å²) in [6, 6.07) is 0. The topological polar surface area (TPSA) is 43.4 Å². The zero-order valence-corrected chi connectivity index (χ0v) is 10.8. The molecule has 2 aliphatic rings.